The molecule has 2 N–H and O–H groups in total. The van der Waals surface area contributed by atoms with Crippen LogP contribution in [-0.4, -0.2) is 35.5 Å². The fraction of sp³-hybridized carbons (Fsp3) is 0.960. The quantitative estimate of drug-likeness (QED) is 0.663. The number of methoxy groups -OCH3 is 1. The third kappa shape index (κ3) is 3.46. The fourth-order valence-corrected chi connectivity index (χ4v) is 8.86. The highest BCUT2D eigenvalue weighted by atomic mass is 16.5. The predicted octanol–water partition coefficient (Wildman–Crippen LogP) is 5.13. The summed E-state index contributed by atoms with van der Waals surface area (Å²) in [7, 11) is 0.0462. The van der Waals surface area contributed by atoms with Crippen LogP contribution in [0, 0.1) is 46.3 Å². The lowest BCUT2D eigenvalue weighted by Gasteiger charge is -2.62. The summed E-state index contributed by atoms with van der Waals surface area (Å²) >= 11 is 0. The molecule has 4 heteroatoms. The van der Waals surface area contributed by atoms with E-state index in [4.69, 9.17) is 11.2 Å². The average molecular weight is 408 g/mol. The molecule has 4 saturated carbocycles. The van der Waals surface area contributed by atoms with Gasteiger partial charge in [-0.1, -0.05) is 20.8 Å². The number of carboxylic acid groups (broad SMARTS) is 1. The first-order chi connectivity index (χ1) is 14.2. The summed E-state index contributed by atoms with van der Waals surface area (Å²) in [5.41, 5.74) is 0.537. The van der Waals surface area contributed by atoms with Gasteiger partial charge in [0.05, 0.1) is 13.6 Å². The summed E-state index contributed by atoms with van der Waals surface area (Å²) in [6.45, 7) is 7.21. The Morgan fingerprint density at radius 2 is 1.86 bits per heavy atom. The Hall–Kier alpha value is -0.610. The van der Waals surface area contributed by atoms with Gasteiger partial charge in [0, 0.05) is 13.5 Å². The molecule has 0 radical (unpaired) electrons. The number of hydrogen-bond acceptors (Lipinski definition) is 3. The van der Waals surface area contributed by atoms with Gasteiger partial charge in [-0.3, -0.25) is 4.79 Å². The topological polar surface area (TPSA) is 66.8 Å². The van der Waals surface area contributed by atoms with E-state index in [2.05, 4.69) is 20.8 Å². The predicted molar refractivity (Wildman–Crippen MR) is 113 cm³/mol. The van der Waals surface area contributed by atoms with E-state index >= 15 is 0 Å². The van der Waals surface area contributed by atoms with Crippen LogP contribution in [0.4, 0.5) is 0 Å². The monoisotopic (exact) mass is 407 g/mol. The number of fused-ring (bicyclic) bond motifs is 5. The van der Waals surface area contributed by atoms with Crippen LogP contribution in [0.25, 0.3) is 0 Å². The number of aliphatic carboxylic acids is 1. The zero-order valence-corrected chi connectivity index (χ0v) is 18.6. The molecule has 4 unspecified atom stereocenters. The molecule has 4 aliphatic rings. The van der Waals surface area contributed by atoms with Crippen LogP contribution in [0.15, 0.2) is 0 Å². The van der Waals surface area contributed by atoms with E-state index in [0.29, 0.717) is 40.9 Å². The van der Waals surface area contributed by atoms with Crippen LogP contribution in [0.1, 0.15) is 86.4 Å². The number of aliphatic hydroxyl groups excluding tert-OH is 1. The van der Waals surface area contributed by atoms with Crippen molar-refractivity contribution in [1.29, 1.82) is 0 Å². The van der Waals surface area contributed by atoms with E-state index in [9.17, 15) is 9.90 Å². The molecule has 4 aliphatic carbocycles. The van der Waals surface area contributed by atoms with Crippen LogP contribution in [0.5, 0.6) is 0 Å². The van der Waals surface area contributed by atoms with Crippen LogP contribution in [0.3, 0.4) is 0 Å². The van der Waals surface area contributed by atoms with Gasteiger partial charge in [0.2, 0.25) is 0 Å². The highest BCUT2D eigenvalue weighted by Gasteiger charge is 2.62. The number of ether oxygens (including phenoxy) is 1. The zero-order valence-electron chi connectivity index (χ0n) is 19.6. The fourth-order valence-electron chi connectivity index (χ4n) is 8.86. The number of carbonyl (C=O) groups is 1. The summed E-state index contributed by atoms with van der Waals surface area (Å²) in [5, 5.41) is 20.5. The summed E-state index contributed by atoms with van der Waals surface area (Å²) in [5.74, 6) is 2.41. The van der Waals surface area contributed by atoms with Gasteiger partial charge < -0.3 is 14.9 Å². The number of aliphatic hydroxyl groups is 1. The Morgan fingerprint density at radius 1 is 1.14 bits per heavy atom. The maximum Gasteiger partial charge on any atom is 0.303 e. The number of carboxylic acids is 1. The number of rotatable bonds is 5. The van der Waals surface area contributed by atoms with Gasteiger partial charge in [-0.05, 0) is 104 Å². The summed E-state index contributed by atoms with van der Waals surface area (Å²) < 4.78 is 13.1. The van der Waals surface area contributed by atoms with E-state index in [0.717, 1.165) is 32.1 Å². The molecule has 4 fully saturated rings. The van der Waals surface area contributed by atoms with Crippen LogP contribution in [-0.2, 0) is 9.53 Å². The van der Waals surface area contributed by atoms with Gasteiger partial charge in [-0.25, -0.2) is 0 Å². The third-order valence-corrected chi connectivity index (χ3v) is 10.4. The first-order valence-corrected chi connectivity index (χ1v) is 12.0. The highest BCUT2D eigenvalue weighted by molar-refractivity contribution is 5.66. The van der Waals surface area contributed by atoms with Crippen LogP contribution < -0.4 is 0 Å². The molecule has 0 aliphatic heterocycles. The normalized spacial score (nSPS) is 50.8. The molecule has 0 bridgehead atoms. The summed E-state index contributed by atoms with van der Waals surface area (Å²) in [6, 6.07) is 0. The van der Waals surface area contributed by atoms with Crippen molar-refractivity contribution in [2.24, 2.45) is 46.3 Å². The molecule has 0 spiro atoms. The van der Waals surface area contributed by atoms with E-state index in [1.807, 2.05) is 0 Å². The molecular formula is C25H42O4. The second-order valence-electron chi connectivity index (χ2n) is 11.5. The van der Waals surface area contributed by atoms with Crippen molar-refractivity contribution in [1.82, 2.24) is 0 Å². The van der Waals surface area contributed by atoms with Crippen molar-refractivity contribution < 1.29 is 21.1 Å². The lowest BCUT2D eigenvalue weighted by Crippen LogP contribution is -2.58. The standard InChI is InChI=1S/C25H42O4/c1-15(5-8-22(27)28)18-6-7-19-23-20(10-12-25(18,19)3)24(2)11-9-17(29-4)13-16(24)14-21(23)26/h15-21,23,26H,5-14H2,1-4H3,(H,27,28)/t15-,16-,17+,18?,19?,20?,21+,23?,24-,25+/m0/s1/i4D. The van der Waals surface area contributed by atoms with Crippen molar-refractivity contribution in [3.63, 3.8) is 0 Å². The molecule has 4 nitrogen and oxygen atoms in total. The first kappa shape index (κ1) is 20.3. The Kier molecular flexibility index (Phi) is 5.47. The third-order valence-electron chi connectivity index (χ3n) is 10.4. The zero-order chi connectivity index (χ0) is 21.7. The van der Waals surface area contributed by atoms with E-state index in [1.165, 1.54) is 25.7 Å². The second-order valence-corrected chi connectivity index (χ2v) is 11.5. The highest BCUT2D eigenvalue weighted by Crippen LogP contribution is 2.68. The molecular weight excluding hydrogens is 364 g/mol. The second kappa shape index (κ2) is 7.82. The van der Waals surface area contributed by atoms with Gasteiger partial charge in [0.15, 0.2) is 0 Å². The Labute approximate surface area is 178 Å². The Morgan fingerprint density at radius 3 is 2.59 bits per heavy atom. The first-order valence-electron chi connectivity index (χ1n) is 12.7. The SMILES string of the molecule is [2H]CO[C@@H]1CC[C@]2(C)C3CC[C@@]4(C)C(CCC4[C@@H](C)CCC(=O)O)C3[C@H](O)C[C@@H]2C1. The molecule has 0 aromatic rings. The Balaban J connectivity index is 1.52. The van der Waals surface area contributed by atoms with Crippen molar-refractivity contribution in [2.45, 2.75) is 97.2 Å². The Bertz CT molecular complexity index is 641. The van der Waals surface area contributed by atoms with Crippen molar-refractivity contribution >= 4 is 5.97 Å². The molecule has 4 rings (SSSR count). The molecule has 166 valence electrons. The molecule has 10 atom stereocenters. The molecule has 0 aromatic carbocycles. The lowest BCUT2D eigenvalue weighted by molar-refractivity contribution is -0.176. The van der Waals surface area contributed by atoms with Gasteiger partial charge >= 0.3 is 5.97 Å². The summed E-state index contributed by atoms with van der Waals surface area (Å²) in [4.78, 5) is 11.1. The van der Waals surface area contributed by atoms with Gasteiger partial charge in [0.25, 0.3) is 0 Å². The minimum absolute atomic E-state index is 0.0462. The van der Waals surface area contributed by atoms with Crippen LogP contribution in [0.2, 0.25) is 0 Å². The van der Waals surface area contributed by atoms with Crippen molar-refractivity contribution in [3.8, 4) is 0 Å². The number of hydrogen-bond donors (Lipinski definition) is 2. The van der Waals surface area contributed by atoms with Crippen molar-refractivity contribution in [2.75, 3.05) is 7.09 Å². The molecule has 0 aromatic heterocycles. The molecule has 29 heavy (non-hydrogen) atoms. The van der Waals surface area contributed by atoms with E-state index in [-0.39, 0.29) is 31.1 Å². The molecule has 0 heterocycles. The smallest absolute Gasteiger partial charge is 0.303 e. The largest absolute Gasteiger partial charge is 0.481 e. The van der Waals surface area contributed by atoms with Gasteiger partial charge in [-0.2, -0.15) is 0 Å². The molecule has 0 saturated heterocycles. The van der Waals surface area contributed by atoms with Gasteiger partial charge in [-0.15, -0.1) is 0 Å². The minimum atomic E-state index is -0.683. The lowest BCUT2D eigenvalue weighted by atomic mass is 9.43. The average Bonchev–Trinajstić information content (AvgIpc) is 3.04. The van der Waals surface area contributed by atoms with Gasteiger partial charge in [0.1, 0.15) is 0 Å². The van der Waals surface area contributed by atoms with E-state index in [1.54, 1.807) is 0 Å². The van der Waals surface area contributed by atoms with Crippen LogP contribution >= 0.6 is 0 Å². The van der Waals surface area contributed by atoms with Crippen molar-refractivity contribution in [3.05, 3.63) is 0 Å². The maximum atomic E-state index is 11.4. The minimum Gasteiger partial charge on any atom is -0.481 e. The summed E-state index contributed by atoms with van der Waals surface area (Å²) in [6.07, 6.45) is 9.96. The van der Waals surface area contributed by atoms with E-state index < -0.39 is 5.97 Å². The molecule has 0 amide bonds. The maximum absolute atomic E-state index is 11.4.